The van der Waals surface area contributed by atoms with Gasteiger partial charge in [-0.3, -0.25) is 4.68 Å². The quantitative estimate of drug-likeness (QED) is 0.911. The van der Waals surface area contributed by atoms with Crippen molar-refractivity contribution in [2.24, 2.45) is 0 Å². The van der Waals surface area contributed by atoms with Crippen molar-refractivity contribution in [1.82, 2.24) is 15.1 Å². The zero-order valence-corrected chi connectivity index (χ0v) is 12.7. The summed E-state index contributed by atoms with van der Waals surface area (Å²) in [4.78, 5) is 0. The van der Waals surface area contributed by atoms with Crippen LogP contribution in [0.15, 0.2) is 24.4 Å². The molecule has 0 aliphatic carbocycles. The van der Waals surface area contributed by atoms with Crippen LogP contribution in [0.1, 0.15) is 36.7 Å². The van der Waals surface area contributed by atoms with E-state index in [1.165, 1.54) is 6.07 Å². The second-order valence-electron chi connectivity index (χ2n) is 4.69. The van der Waals surface area contributed by atoms with Gasteiger partial charge in [-0.05, 0) is 37.6 Å². The van der Waals surface area contributed by atoms with E-state index >= 15 is 0 Å². The Kier molecular flexibility index (Phi) is 4.78. The van der Waals surface area contributed by atoms with Crippen molar-refractivity contribution in [1.29, 1.82) is 0 Å². The average Bonchev–Trinajstić information content (AvgIpc) is 2.80. The number of hydrogen-bond acceptors (Lipinski definition) is 2. The van der Waals surface area contributed by atoms with Crippen LogP contribution in [0.3, 0.4) is 0 Å². The maximum absolute atomic E-state index is 13.5. The minimum Gasteiger partial charge on any atom is -0.305 e. The van der Waals surface area contributed by atoms with Crippen molar-refractivity contribution in [2.75, 3.05) is 6.54 Å². The fraction of sp³-hybridized carbons (Fsp3) is 0.400. The van der Waals surface area contributed by atoms with Crippen LogP contribution in [0.2, 0.25) is 5.02 Å². The summed E-state index contributed by atoms with van der Waals surface area (Å²) in [5.74, 6) is -0.195. The topological polar surface area (TPSA) is 29.9 Å². The average molecular weight is 296 g/mol. The lowest BCUT2D eigenvalue weighted by molar-refractivity contribution is 0.540. The number of benzene rings is 1. The summed E-state index contributed by atoms with van der Waals surface area (Å²) in [5, 5.41) is 8.29. The molecule has 0 saturated carbocycles. The third-order valence-corrected chi connectivity index (χ3v) is 3.62. The molecule has 0 spiro atoms. The van der Waals surface area contributed by atoms with Gasteiger partial charge in [0, 0.05) is 6.54 Å². The number of aromatic nitrogens is 2. The standard InChI is InChI=1S/C15H19ClFN3/c1-4-18-14(11-6-7-13(17)10(3)8-11)15-12(16)9-19-20(15)5-2/h6-9,14,18H,4-5H2,1-3H3. The third-order valence-electron chi connectivity index (χ3n) is 3.33. The van der Waals surface area contributed by atoms with E-state index in [1.807, 2.05) is 24.6 Å². The largest absolute Gasteiger partial charge is 0.305 e. The number of hydrogen-bond donors (Lipinski definition) is 1. The molecule has 0 bridgehead atoms. The Hall–Kier alpha value is -1.39. The highest BCUT2D eigenvalue weighted by atomic mass is 35.5. The zero-order chi connectivity index (χ0) is 14.7. The minimum atomic E-state index is -0.195. The van der Waals surface area contributed by atoms with Crippen LogP contribution in [0.25, 0.3) is 0 Å². The summed E-state index contributed by atoms with van der Waals surface area (Å²) >= 11 is 6.28. The predicted molar refractivity (Wildman–Crippen MR) is 79.6 cm³/mol. The van der Waals surface area contributed by atoms with E-state index in [1.54, 1.807) is 19.2 Å². The zero-order valence-electron chi connectivity index (χ0n) is 12.0. The SMILES string of the molecule is CCNC(c1ccc(F)c(C)c1)c1c(Cl)cnn1CC. The molecule has 108 valence electrons. The summed E-state index contributed by atoms with van der Waals surface area (Å²) in [5.41, 5.74) is 2.54. The van der Waals surface area contributed by atoms with Crippen molar-refractivity contribution in [3.63, 3.8) is 0 Å². The maximum Gasteiger partial charge on any atom is 0.126 e. The number of halogens is 2. The monoisotopic (exact) mass is 295 g/mol. The molecule has 0 saturated heterocycles. The summed E-state index contributed by atoms with van der Waals surface area (Å²) in [7, 11) is 0. The highest BCUT2D eigenvalue weighted by Crippen LogP contribution is 2.29. The van der Waals surface area contributed by atoms with Gasteiger partial charge in [0.1, 0.15) is 5.82 Å². The Morgan fingerprint density at radius 2 is 2.15 bits per heavy atom. The number of aryl methyl sites for hydroxylation is 2. The highest BCUT2D eigenvalue weighted by molar-refractivity contribution is 6.31. The van der Waals surface area contributed by atoms with E-state index in [0.717, 1.165) is 24.3 Å². The van der Waals surface area contributed by atoms with E-state index in [9.17, 15) is 4.39 Å². The van der Waals surface area contributed by atoms with Crippen LogP contribution in [-0.2, 0) is 6.54 Å². The van der Waals surface area contributed by atoms with Crippen LogP contribution in [-0.4, -0.2) is 16.3 Å². The summed E-state index contributed by atoms with van der Waals surface area (Å²) < 4.78 is 15.3. The van der Waals surface area contributed by atoms with Crippen molar-refractivity contribution >= 4 is 11.6 Å². The lowest BCUT2D eigenvalue weighted by Gasteiger charge is -2.20. The lowest BCUT2D eigenvalue weighted by Crippen LogP contribution is -2.25. The summed E-state index contributed by atoms with van der Waals surface area (Å²) in [6, 6.07) is 5.05. The van der Waals surface area contributed by atoms with E-state index < -0.39 is 0 Å². The molecule has 3 nitrogen and oxygen atoms in total. The second kappa shape index (κ2) is 6.37. The molecule has 20 heavy (non-hydrogen) atoms. The van der Waals surface area contributed by atoms with Crippen LogP contribution in [0, 0.1) is 12.7 Å². The van der Waals surface area contributed by atoms with E-state index in [-0.39, 0.29) is 11.9 Å². The summed E-state index contributed by atoms with van der Waals surface area (Å²) in [6.45, 7) is 7.34. The molecule has 1 aromatic heterocycles. The molecule has 1 atom stereocenters. The normalized spacial score (nSPS) is 12.7. The summed E-state index contributed by atoms with van der Waals surface area (Å²) in [6.07, 6.45) is 1.65. The van der Waals surface area contributed by atoms with Gasteiger partial charge in [0.05, 0.1) is 23.0 Å². The molecule has 5 heteroatoms. The minimum absolute atomic E-state index is 0.0887. The first-order valence-electron chi connectivity index (χ1n) is 6.79. The van der Waals surface area contributed by atoms with Gasteiger partial charge in [-0.25, -0.2) is 4.39 Å². The Labute approximate surface area is 123 Å². The van der Waals surface area contributed by atoms with E-state index in [0.29, 0.717) is 10.6 Å². The van der Waals surface area contributed by atoms with Gasteiger partial charge in [-0.2, -0.15) is 5.10 Å². The molecule has 0 radical (unpaired) electrons. The van der Waals surface area contributed by atoms with Crippen molar-refractivity contribution in [2.45, 2.75) is 33.4 Å². The number of nitrogens with zero attached hydrogens (tertiary/aromatic N) is 2. The van der Waals surface area contributed by atoms with Crippen LogP contribution < -0.4 is 5.32 Å². The molecule has 2 rings (SSSR count). The third kappa shape index (κ3) is 2.86. The maximum atomic E-state index is 13.5. The van der Waals surface area contributed by atoms with Crippen LogP contribution in [0.5, 0.6) is 0 Å². The van der Waals surface area contributed by atoms with E-state index in [4.69, 9.17) is 11.6 Å². The Balaban J connectivity index is 2.49. The first kappa shape index (κ1) is 15.0. The first-order chi connectivity index (χ1) is 9.58. The molecule has 1 aromatic carbocycles. The smallest absolute Gasteiger partial charge is 0.126 e. The van der Waals surface area contributed by atoms with Gasteiger partial charge in [0.2, 0.25) is 0 Å². The highest BCUT2D eigenvalue weighted by Gasteiger charge is 2.21. The molecule has 1 heterocycles. The molecule has 0 amide bonds. The number of nitrogens with one attached hydrogen (secondary N) is 1. The van der Waals surface area contributed by atoms with Gasteiger partial charge < -0.3 is 5.32 Å². The molecular formula is C15H19ClFN3. The first-order valence-corrected chi connectivity index (χ1v) is 7.16. The predicted octanol–water partition coefficient (Wildman–Crippen LogP) is 3.70. The van der Waals surface area contributed by atoms with Crippen LogP contribution in [0.4, 0.5) is 4.39 Å². The molecule has 0 aliphatic heterocycles. The van der Waals surface area contributed by atoms with E-state index in [2.05, 4.69) is 10.4 Å². The molecule has 2 aromatic rings. The molecular weight excluding hydrogens is 277 g/mol. The molecule has 0 aliphatic rings. The Bertz CT molecular complexity index is 595. The van der Waals surface area contributed by atoms with Gasteiger partial charge in [0.25, 0.3) is 0 Å². The number of rotatable bonds is 5. The fourth-order valence-corrected chi connectivity index (χ4v) is 2.59. The van der Waals surface area contributed by atoms with Gasteiger partial charge in [-0.15, -0.1) is 0 Å². The van der Waals surface area contributed by atoms with Crippen molar-refractivity contribution in [3.05, 3.63) is 52.1 Å². The van der Waals surface area contributed by atoms with Crippen LogP contribution >= 0.6 is 11.6 Å². The lowest BCUT2D eigenvalue weighted by atomic mass is 10.0. The Morgan fingerprint density at radius 1 is 1.40 bits per heavy atom. The van der Waals surface area contributed by atoms with Gasteiger partial charge in [0.15, 0.2) is 0 Å². The van der Waals surface area contributed by atoms with Crippen molar-refractivity contribution in [3.8, 4) is 0 Å². The second-order valence-corrected chi connectivity index (χ2v) is 5.10. The van der Waals surface area contributed by atoms with Gasteiger partial charge in [-0.1, -0.05) is 30.7 Å². The Morgan fingerprint density at radius 3 is 2.75 bits per heavy atom. The molecule has 0 fully saturated rings. The fourth-order valence-electron chi connectivity index (χ4n) is 2.33. The molecule has 1 N–H and O–H groups in total. The van der Waals surface area contributed by atoms with Gasteiger partial charge >= 0.3 is 0 Å². The molecule has 1 unspecified atom stereocenters. The van der Waals surface area contributed by atoms with Crippen molar-refractivity contribution < 1.29 is 4.39 Å².